The van der Waals surface area contributed by atoms with Gasteiger partial charge in [-0.3, -0.25) is 4.79 Å². The van der Waals surface area contributed by atoms with Crippen molar-refractivity contribution in [1.29, 1.82) is 5.26 Å². The lowest BCUT2D eigenvalue weighted by Crippen LogP contribution is -2.37. The largest absolute Gasteiger partial charge is 0.489 e. The molecule has 0 bridgehead atoms. The normalized spacial score (nSPS) is 13.8. The fourth-order valence-corrected chi connectivity index (χ4v) is 3.37. The molecule has 0 aromatic heterocycles. The van der Waals surface area contributed by atoms with Gasteiger partial charge in [-0.25, -0.2) is 0 Å². The monoisotopic (exact) mass is 377 g/mol. The summed E-state index contributed by atoms with van der Waals surface area (Å²) in [6, 6.07) is 17.5. The zero-order chi connectivity index (χ0) is 19.6. The van der Waals surface area contributed by atoms with Gasteiger partial charge in [0.2, 0.25) is 5.91 Å². The van der Waals surface area contributed by atoms with Gasteiger partial charge in [0, 0.05) is 32.6 Å². The van der Waals surface area contributed by atoms with Crippen molar-refractivity contribution in [2.45, 2.75) is 38.8 Å². The van der Waals surface area contributed by atoms with Crippen LogP contribution in [-0.2, 0) is 17.9 Å². The Labute approximate surface area is 166 Å². The molecule has 0 unspecified atom stereocenters. The maximum absolute atomic E-state index is 12.2. The first kappa shape index (κ1) is 19.9. The Morgan fingerprint density at radius 1 is 1.07 bits per heavy atom. The van der Waals surface area contributed by atoms with Crippen LogP contribution in [0.2, 0.25) is 0 Å². The van der Waals surface area contributed by atoms with Gasteiger partial charge in [-0.2, -0.15) is 5.26 Å². The number of nitrogens with one attached hydrogen (secondary N) is 1. The lowest BCUT2D eigenvalue weighted by Gasteiger charge is -2.26. The Morgan fingerprint density at radius 2 is 1.86 bits per heavy atom. The van der Waals surface area contributed by atoms with Crippen LogP contribution in [0.3, 0.4) is 0 Å². The maximum atomic E-state index is 12.2. The van der Waals surface area contributed by atoms with Gasteiger partial charge in [0.25, 0.3) is 0 Å². The van der Waals surface area contributed by atoms with Crippen molar-refractivity contribution in [3.63, 3.8) is 0 Å². The van der Waals surface area contributed by atoms with Crippen LogP contribution < -0.4 is 10.1 Å². The fourth-order valence-electron chi connectivity index (χ4n) is 3.37. The van der Waals surface area contributed by atoms with Crippen molar-refractivity contribution >= 4 is 5.91 Å². The molecule has 3 rings (SSSR count). The van der Waals surface area contributed by atoms with Crippen molar-refractivity contribution in [3.8, 4) is 11.8 Å². The summed E-state index contributed by atoms with van der Waals surface area (Å²) in [6.07, 6.45) is 4.05. The summed E-state index contributed by atoms with van der Waals surface area (Å²) in [4.78, 5) is 14.2. The van der Waals surface area contributed by atoms with Crippen LogP contribution in [-0.4, -0.2) is 30.4 Å². The van der Waals surface area contributed by atoms with Gasteiger partial charge in [-0.1, -0.05) is 24.3 Å². The smallest absolute Gasteiger partial charge is 0.223 e. The van der Waals surface area contributed by atoms with Crippen LogP contribution in [0.5, 0.6) is 5.75 Å². The number of piperidine rings is 1. The highest BCUT2D eigenvalue weighted by Crippen LogP contribution is 2.16. The van der Waals surface area contributed by atoms with Crippen LogP contribution in [0.25, 0.3) is 0 Å². The predicted octanol–water partition coefficient (Wildman–Crippen LogP) is 3.63. The molecule has 1 N–H and O–H groups in total. The SMILES string of the molecule is N#Cc1cccc(COc2cccc(CNCCC(=O)N3CCCCC3)c2)c1. The van der Waals surface area contributed by atoms with Gasteiger partial charge < -0.3 is 15.0 Å². The van der Waals surface area contributed by atoms with Gasteiger partial charge in [-0.15, -0.1) is 0 Å². The highest BCUT2D eigenvalue weighted by molar-refractivity contribution is 5.76. The molecule has 1 amide bonds. The number of nitrogens with zero attached hydrogens (tertiary/aromatic N) is 2. The van der Waals surface area contributed by atoms with E-state index in [0.29, 0.717) is 31.7 Å². The summed E-state index contributed by atoms with van der Waals surface area (Å²) in [5, 5.41) is 12.3. The molecular formula is C23H27N3O2. The molecule has 2 aromatic rings. The third-order valence-electron chi connectivity index (χ3n) is 4.91. The van der Waals surface area contributed by atoms with E-state index < -0.39 is 0 Å². The molecule has 1 saturated heterocycles. The zero-order valence-corrected chi connectivity index (χ0v) is 16.2. The lowest BCUT2D eigenvalue weighted by atomic mass is 10.1. The second kappa shape index (κ2) is 10.5. The van der Waals surface area contributed by atoms with Crippen molar-refractivity contribution in [3.05, 3.63) is 65.2 Å². The Bertz CT molecular complexity index is 823. The summed E-state index contributed by atoms with van der Waals surface area (Å²) in [7, 11) is 0. The van der Waals surface area contributed by atoms with Gasteiger partial charge in [0.15, 0.2) is 0 Å². The number of benzene rings is 2. The van der Waals surface area contributed by atoms with E-state index in [0.717, 1.165) is 42.8 Å². The van der Waals surface area contributed by atoms with Crippen LogP contribution in [0.1, 0.15) is 42.4 Å². The van der Waals surface area contributed by atoms with Gasteiger partial charge >= 0.3 is 0 Å². The first-order chi connectivity index (χ1) is 13.7. The molecule has 1 fully saturated rings. The number of carbonyl (C=O) groups is 1. The molecule has 0 spiro atoms. The highest BCUT2D eigenvalue weighted by atomic mass is 16.5. The molecule has 2 aromatic carbocycles. The van der Waals surface area contributed by atoms with E-state index in [1.165, 1.54) is 6.42 Å². The first-order valence-electron chi connectivity index (χ1n) is 9.94. The number of ether oxygens (including phenoxy) is 1. The highest BCUT2D eigenvalue weighted by Gasteiger charge is 2.15. The summed E-state index contributed by atoms with van der Waals surface area (Å²) in [6.45, 7) is 3.64. The van der Waals surface area contributed by atoms with E-state index in [4.69, 9.17) is 10.00 Å². The lowest BCUT2D eigenvalue weighted by molar-refractivity contribution is -0.131. The maximum Gasteiger partial charge on any atom is 0.223 e. The number of rotatable bonds is 8. The molecule has 0 atom stereocenters. The number of nitriles is 1. The minimum atomic E-state index is 0.254. The quantitative estimate of drug-likeness (QED) is 0.714. The Hall–Kier alpha value is -2.84. The van der Waals surface area contributed by atoms with Crippen LogP contribution in [0.15, 0.2) is 48.5 Å². The van der Waals surface area contributed by atoms with Crippen molar-refractivity contribution < 1.29 is 9.53 Å². The van der Waals surface area contributed by atoms with Crippen molar-refractivity contribution in [1.82, 2.24) is 10.2 Å². The summed E-state index contributed by atoms with van der Waals surface area (Å²) in [5.74, 6) is 1.05. The number of hydrogen-bond donors (Lipinski definition) is 1. The number of carbonyl (C=O) groups excluding carboxylic acids is 1. The topological polar surface area (TPSA) is 65.4 Å². The Kier molecular flexibility index (Phi) is 7.45. The van der Waals surface area contributed by atoms with Gasteiger partial charge in [-0.05, 0) is 54.7 Å². The number of likely N-dealkylation sites (tertiary alicyclic amines) is 1. The van der Waals surface area contributed by atoms with Gasteiger partial charge in [0.1, 0.15) is 12.4 Å². The van der Waals surface area contributed by atoms with E-state index in [1.54, 1.807) is 6.07 Å². The predicted molar refractivity (Wildman–Crippen MR) is 109 cm³/mol. The van der Waals surface area contributed by atoms with Crippen LogP contribution in [0.4, 0.5) is 0 Å². The average Bonchev–Trinajstić information content (AvgIpc) is 2.76. The van der Waals surface area contributed by atoms with E-state index in [-0.39, 0.29) is 5.91 Å². The average molecular weight is 377 g/mol. The van der Waals surface area contributed by atoms with E-state index in [2.05, 4.69) is 11.4 Å². The molecular weight excluding hydrogens is 350 g/mol. The summed E-state index contributed by atoms with van der Waals surface area (Å²) >= 11 is 0. The van der Waals surface area contributed by atoms with Crippen molar-refractivity contribution in [2.75, 3.05) is 19.6 Å². The first-order valence-corrected chi connectivity index (χ1v) is 9.94. The molecule has 1 aliphatic rings. The Balaban J connectivity index is 1.41. The molecule has 5 heteroatoms. The molecule has 0 saturated carbocycles. The van der Waals surface area contributed by atoms with E-state index >= 15 is 0 Å². The van der Waals surface area contributed by atoms with E-state index in [9.17, 15) is 4.79 Å². The second-order valence-corrected chi connectivity index (χ2v) is 7.12. The fraction of sp³-hybridized carbons (Fsp3) is 0.391. The minimum absolute atomic E-state index is 0.254. The summed E-state index contributed by atoms with van der Waals surface area (Å²) < 4.78 is 5.86. The van der Waals surface area contributed by atoms with E-state index in [1.807, 2.05) is 47.4 Å². The third-order valence-corrected chi connectivity index (χ3v) is 4.91. The Morgan fingerprint density at radius 3 is 2.68 bits per heavy atom. The molecule has 146 valence electrons. The molecule has 0 radical (unpaired) electrons. The zero-order valence-electron chi connectivity index (χ0n) is 16.2. The molecule has 1 aliphatic heterocycles. The van der Waals surface area contributed by atoms with Crippen LogP contribution in [0, 0.1) is 11.3 Å². The third kappa shape index (κ3) is 6.11. The molecule has 0 aliphatic carbocycles. The van der Waals surface area contributed by atoms with Crippen molar-refractivity contribution in [2.24, 2.45) is 0 Å². The van der Waals surface area contributed by atoms with Crippen LogP contribution >= 0.6 is 0 Å². The molecule has 1 heterocycles. The number of hydrogen-bond acceptors (Lipinski definition) is 4. The molecule has 28 heavy (non-hydrogen) atoms. The van der Waals surface area contributed by atoms with Gasteiger partial charge in [0.05, 0.1) is 11.6 Å². The molecule has 5 nitrogen and oxygen atoms in total. The minimum Gasteiger partial charge on any atom is -0.489 e. The summed E-state index contributed by atoms with van der Waals surface area (Å²) in [5.41, 5.74) is 2.73. The second-order valence-electron chi connectivity index (χ2n) is 7.12. The number of amides is 1. The standard InChI is InChI=1S/C23H27N3O2/c24-16-19-6-4-8-21(14-19)18-28-22-9-5-7-20(15-22)17-25-11-10-23(27)26-12-2-1-3-13-26/h4-9,14-15,25H,1-3,10-13,17-18H2.